The molecule has 14 heavy (non-hydrogen) atoms. The van der Waals surface area contributed by atoms with Crippen LogP contribution in [-0.2, 0) is 0 Å². The standard InChI is InChI=1S/C8H5ClFN3O/c9-5-2-6(10)7(12)1-4(5)8(3-11)13-14/h1-2,8H,12H2. The average Bonchev–Trinajstić information content (AvgIpc) is 2.15. The highest BCUT2D eigenvalue weighted by Gasteiger charge is 2.16. The molecule has 72 valence electrons. The van der Waals surface area contributed by atoms with Gasteiger partial charge in [0.25, 0.3) is 0 Å². The molecule has 1 unspecified atom stereocenters. The predicted molar refractivity (Wildman–Crippen MR) is 50.0 cm³/mol. The lowest BCUT2D eigenvalue weighted by molar-refractivity contribution is 0.631. The molecule has 0 amide bonds. The number of benzene rings is 1. The van der Waals surface area contributed by atoms with Crippen molar-refractivity contribution in [3.05, 3.63) is 33.4 Å². The van der Waals surface area contributed by atoms with Crippen molar-refractivity contribution in [1.29, 1.82) is 5.26 Å². The van der Waals surface area contributed by atoms with Crippen LogP contribution in [0.3, 0.4) is 0 Å². The molecule has 1 atom stereocenters. The minimum absolute atomic E-state index is 0.0390. The smallest absolute Gasteiger partial charge is 0.204 e. The second kappa shape index (κ2) is 4.03. The van der Waals surface area contributed by atoms with Gasteiger partial charge in [-0.05, 0) is 17.3 Å². The van der Waals surface area contributed by atoms with Gasteiger partial charge in [0.15, 0.2) is 0 Å². The Balaban J connectivity index is 3.29. The summed E-state index contributed by atoms with van der Waals surface area (Å²) in [6, 6.07) is 2.43. The monoisotopic (exact) mass is 213 g/mol. The maximum Gasteiger partial charge on any atom is 0.204 e. The molecule has 0 spiro atoms. The van der Waals surface area contributed by atoms with Gasteiger partial charge in [0, 0.05) is 5.56 Å². The zero-order valence-electron chi connectivity index (χ0n) is 6.87. The Kier molecular flexibility index (Phi) is 2.99. The lowest BCUT2D eigenvalue weighted by Gasteiger charge is -2.05. The van der Waals surface area contributed by atoms with Crippen LogP contribution in [0.1, 0.15) is 11.6 Å². The summed E-state index contributed by atoms with van der Waals surface area (Å²) in [5, 5.41) is 11.0. The van der Waals surface area contributed by atoms with Crippen molar-refractivity contribution < 1.29 is 4.39 Å². The van der Waals surface area contributed by atoms with Crippen LogP contribution in [0.15, 0.2) is 17.3 Å². The predicted octanol–water partition coefficient (Wildman–Crippen LogP) is 2.39. The quantitative estimate of drug-likeness (QED) is 0.605. The molecule has 0 aliphatic carbocycles. The van der Waals surface area contributed by atoms with Gasteiger partial charge in [-0.3, -0.25) is 0 Å². The number of halogens is 2. The van der Waals surface area contributed by atoms with Crippen LogP contribution in [0.4, 0.5) is 10.1 Å². The third-order valence-electron chi connectivity index (χ3n) is 1.64. The van der Waals surface area contributed by atoms with Crippen molar-refractivity contribution in [3.63, 3.8) is 0 Å². The zero-order chi connectivity index (χ0) is 10.7. The van der Waals surface area contributed by atoms with E-state index in [9.17, 15) is 9.30 Å². The molecule has 0 saturated carbocycles. The van der Waals surface area contributed by atoms with E-state index in [1.54, 1.807) is 6.07 Å². The summed E-state index contributed by atoms with van der Waals surface area (Å²) in [5.74, 6) is -0.693. The maximum absolute atomic E-state index is 12.8. The number of hydrogen-bond donors (Lipinski definition) is 1. The summed E-state index contributed by atoms with van der Waals surface area (Å²) >= 11 is 5.61. The third-order valence-corrected chi connectivity index (χ3v) is 1.97. The second-order valence-corrected chi connectivity index (χ2v) is 2.94. The minimum atomic E-state index is -1.26. The fourth-order valence-electron chi connectivity index (χ4n) is 0.943. The first kappa shape index (κ1) is 10.4. The van der Waals surface area contributed by atoms with Crippen molar-refractivity contribution in [1.82, 2.24) is 0 Å². The maximum atomic E-state index is 12.8. The van der Waals surface area contributed by atoms with Crippen LogP contribution < -0.4 is 5.73 Å². The molecule has 0 heterocycles. The molecule has 0 bridgehead atoms. The van der Waals surface area contributed by atoms with Crippen LogP contribution in [-0.4, -0.2) is 0 Å². The first-order valence-corrected chi connectivity index (χ1v) is 3.94. The lowest BCUT2D eigenvalue weighted by atomic mass is 10.1. The Labute approximate surface area is 84.1 Å². The SMILES string of the molecule is N#CC(N=O)c1cc(N)c(F)cc1Cl. The van der Waals surface area contributed by atoms with Gasteiger partial charge < -0.3 is 5.73 Å². The number of nitrogen functional groups attached to an aromatic ring is 1. The van der Waals surface area contributed by atoms with Gasteiger partial charge in [0.1, 0.15) is 5.82 Å². The van der Waals surface area contributed by atoms with Crippen LogP contribution in [0.5, 0.6) is 0 Å². The van der Waals surface area contributed by atoms with Crippen LogP contribution in [0.2, 0.25) is 5.02 Å². The van der Waals surface area contributed by atoms with Gasteiger partial charge >= 0.3 is 0 Å². The molecule has 0 aliphatic heterocycles. The highest BCUT2D eigenvalue weighted by Crippen LogP contribution is 2.28. The number of rotatable bonds is 2. The minimum Gasteiger partial charge on any atom is -0.396 e. The van der Waals surface area contributed by atoms with Crippen molar-refractivity contribution in [2.45, 2.75) is 6.04 Å². The number of nitrogens with zero attached hydrogens (tertiary/aromatic N) is 2. The summed E-state index contributed by atoms with van der Waals surface area (Å²) in [7, 11) is 0. The van der Waals surface area contributed by atoms with Crippen LogP contribution in [0.25, 0.3) is 0 Å². The summed E-state index contributed by atoms with van der Waals surface area (Å²) in [6.07, 6.45) is 0. The van der Waals surface area contributed by atoms with E-state index in [2.05, 4.69) is 5.18 Å². The van der Waals surface area contributed by atoms with Crippen molar-refractivity contribution >= 4 is 17.3 Å². The molecule has 0 saturated heterocycles. The highest BCUT2D eigenvalue weighted by atomic mass is 35.5. The summed E-state index contributed by atoms with van der Waals surface area (Å²) in [6.45, 7) is 0. The number of nitroso groups, excluding NO2 is 1. The molecular formula is C8H5ClFN3O. The normalized spacial score (nSPS) is 11.8. The van der Waals surface area contributed by atoms with Crippen molar-refractivity contribution in [2.24, 2.45) is 5.18 Å². The Bertz CT molecular complexity index is 416. The van der Waals surface area contributed by atoms with Crippen LogP contribution >= 0.6 is 11.6 Å². The fraction of sp³-hybridized carbons (Fsp3) is 0.125. The molecule has 0 radical (unpaired) electrons. The number of anilines is 1. The Morgan fingerprint density at radius 1 is 1.64 bits per heavy atom. The number of nitriles is 1. The average molecular weight is 214 g/mol. The molecule has 1 aromatic carbocycles. The van der Waals surface area contributed by atoms with Gasteiger partial charge in [-0.25, -0.2) is 4.39 Å². The number of hydrogen-bond acceptors (Lipinski definition) is 4. The molecule has 4 nitrogen and oxygen atoms in total. The van der Waals surface area contributed by atoms with Gasteiger partial charge in [-0.15, -0.1) is 4.91 Å². The molecule has 0 aromatic heterocycles. The zero-order valence-corrected chi connectivity index (χ0v) is 7.62. The van der Waals surface area contributed by atoms with Gasteiger partial charge in [-0.1, -0.05) is 11.6 Å². The van der Waals surface area contributed by atoms with E-state index in [4.69, 9.17) is 22.6 Å². The molecule has 0 aliphatic rings. The second-order valence-electron chi connectivity index (χ2n) is 2.53. The first-order valence-electron chi connectivity index (χ1n) is 3.56. The fourth-order valence-corrected chi connectivity index (χ4v) is 1.20. The molecular weight excluding hydrogens is 209 g/mol. The Morgan fingerprint density at radius 3 is 2.79 bits per heavy atom. The van der Waals surface area contributed by atoms with E-state index in [1.165, 1.54) is 0 Å². The summed E-state index contributed by atoms with van der Waals surface area (Å²) in [5.41, 5.74) is 5.19. The Morgan fingerprint density at radius 2 is 2.29 bits per heavy atom. The van der Waals surface area contributed by atoms with E-state index in [0.717, 1.165) is 12.1 Å². The van der Waals surface area contributed by atoms with Gasteiger partial charge in [-0.2, -0.15) is 5.26 Å². The van der Waals surface area contributed by atoms with Crippen molar-refractivity contribution in [3.8, 4) is 6.07 Å². The summed E-state index contributed by atoms with van der Waals surface area (Å²) in [4.78, 5) is 10.2. The lowest BCUT2D eigenvalue weighted by Crippen LogP contribution is -1.97. The first-order chi connectivity index (χ1) is 6.60. The highest BCUT2D eigenvalue weighted by molar-refractivity contribution is 6.31. The van der Waals surface area contributed by atoms with E-state index in [1.807, 2.05) is 0 Å². The topological polar surface area (TPSA) is 79.2 Å². The van der Waals surface area contributed by atoms with E-state index in [-0.39, 0.29) is 16.3 Å². The molecule has 2 N–H and O–H groups in total. The van der Waals surface area contributed by atoms with Crippen molar-refractivity contribution in [2.75, 3.05) is 5.73 Å². The van der Waals surface area contributed by atoms with Crippen LogP contribution in [0, 0.1) is 22.1 Å². The summed E-state index contributed by atoms with van der Waals surface area (Å²) < 4.78 is 12.8. The van der Waals surface area contributed by atoms with E-state index in [0.29, 0.717) is 0 Å². The molecule has 1 rings (SSSR count). The molecule has 1 aromatic rings. The third kappa shape index (κ3) is 1.80. The van der Waals surface area contributed by atoms with E-state index < -0.39 is 11.9 Å². The Hall–Kier alpha value is -1.67. The molecule has 6 heteroatoms. The van der Waals surface area contributed by atoms with Gasteiger partial charge in [0.05, 0.1) is 16.8 Å². The molecule has 0 fully saturated rings. The largest absolute Gasteiger partial charge is 0.396 e. The van der Waals surface area contributed by atoms with Gasteiger partial charge in [0.2, 0.25) is 6.04 Å². The number of nitrogens with two attached hydrogens (primary N) is 1. The van der Waals surface area contributed by atoms with E-state index >= 15 is 0 Å².